The number of nitrogens with zero attached hydrogens (tertiary/aromatic N) is 1. The fourth-order valence-corrected chi connectivity index (χ4v) is 2.51. The van der Waals surface area contributed by atoms with Crippen LogP contribution in [0.15, 0.2) is 29.6 Å². The van der Waals surface area contributed by atoms with Crippen molar-refractivity contribution in [2.45, 2.75) is 25.8 Å². The van der Waals surface area contributed by atoms with Crippen LogP contribution in [-0.2, 0) is 11.2 Å². The molecule has 0 radical (unpaired) electrons. The van der Waals surface area contributed by atoms with Crippen molar-refractivity contribution >= 4 is 42.1 Å². The number of rotatable bonds is 5. The molecule has 128 valence electrons. The number of amides is 1. The summed E-state index contributed by atoms with van der Waals surface area (Å²) in [6.45, 7) is 4.10. The van der Waals surface area contributed by atoms with Gasteiger partial charge in [0, 0.05) is 23.0 Å². The lowest BCUT2D eigenvalue weighted by Crippen LogP contribution is -2.45. The van der Waals surface area contributed by atoms with E-state index in [9.17, 15) is 9.18 Å². The lowest BCUT2D eigenvalue weighted by molar-refractivity contribution is -0.120. The monoisotopic (exact) mass is 379 g/mol. The predicted molar refractivity (Wildman–Crippen MR) is 97.0 cm³/mol. The first-order chi connectivity index (χ1) is 9.83. The second kappa shape index (κ2) is 9.17. The Morgan fingerprint density at radius 2 is 2.09 bits per heavy atom. The number of thiazole rings is 1. The van der Waals surface area contributed by atoms with Crippen molar-refractivity contribution in [3.63, 3.8) is 0 Å². The molecule has 3 N–H and O–H groups in total. The first-order valence-electron chi connectivity index (χ1n) is 6.59. The van der Waals surface area contributed by atoms with Crippen LogP contribution in [0.3, 0.4) is 0 Å². The molecule has 2 aromatic rings. The fourth-order valence-electron chi connectivity index (χ4n) is 1.70. The van der Waals surface area contributed by atoms with Crippen molar-refractivity contribution < 1.29 is 9.18 Å². The van der Waals surface area contributed by atoms with Crippen LogP contribution in [0.1, 0.15) is 19.5 Å². The third-order valence-electron chi connectivity index (χ3n) is 2.71. The Balaban J connectivity index is 0.00000242. The van der Waals surface area contributed by atoms with Gasteiger partial charge in [-0.2, -0.15) is 0 Å². The van der Waals surface area contributed by atoms with Gasteiger partial charge >= 0.3 is 0 Å². The fraction of sp³-hybridized carbons (Fsp3) is 0.333. The van der Waals surface area contributed by atoms with E-state index in [0.29, 0.717) is 17.2 Å². The van der Waals surface area contributed by atoms with Crippen LogP contribution in [-0.4, -0.2) is 23.0 Å². The molecule has 0 unspecified atom stereocenters. The highest BCUT2D eigenvalue weighted by molar-refractivity contribution is 7.13. The van der Waals surface area contributed by atoms with Crippen molar-refractivity contribution in [2.24, 2.45) is 5.73 Å². The number of halogens is 3. The van der Waals surface area contributed by atoms with E-state index in [1.54, 1.807) is 12.1 Å². The van der Waals surface area contributed by atoms with Crippen molar-refractivity contribution in [3.05, 3.63) is 41.2 Å². The summed E-state index contributed by atoms with van der Waals surface area (Å²) in [6.07, 6.45) is 0.196. The van der Waals surface area contributed by atoms with Crippen molar-refractivity contribution in [2.75, 3.05) is 6.54 Å². The zero-order valence-corrected chi connectivity index (χ0v) is 15.3. The largest absolute Gasteiger partial charge is 0.354 e. The van der Waals surface area contributed by atoms with Gasteiger partial charge in [-0.1, -0.05) is 12.1 Å². The molecule has 0 spiro atoms. The summed E-state index contributed by atoms with van der Waals surface area (Å²) in [4.78, 5) is 16.2. The second-order valence-corrected chi connectivity index (χ2v) is 6.45. The van der Waals surface area contributed by atoms with Crippen LogP contribution in [0, 0.1) is 5.82 Å². The standard InChI is InChI=1S/C15H18FN3OS.2ClH/c1-15(2,17)9-18-13(20)7-12-8-21-14(19-12)10-4-3-5-11(16)6-10;;/h3-6,8H,7,9,17H2,1-2H3,(H,18,20);2*1H. The molecule has 2 rings (SSSR count). The van der Waals surface area contributed by atoms with E-state index >= 15 is 0 Å². The van der Waals surface area contributed by atoms with Gasteiger partial charge < -0.3 is 11.1 Å². The minimum atomic E-state index is -0.440. The maximum Gasteiger partial charge on any atom is 0.226 e. The molecule has 0 aliphatic rings. The highest BCUT2D eigenvalue weighted by Gasteiger charge is 2.14. The van der Waals surface area contributed by atoms with Crippen molar-refractivity contribution in [3.8, 4) is 10.6 Å². The van der Waals surface area contributed by atoms with E-state index in [0.717, 1.165) is 5.56 Å². The molecule has 1 amide bonds. The zero-order valence-electron chi connectivity index (χ0n) is 12.8. The maximum absolute atomic E-state index is 13.2. The molecule has 0 saturated carbocycles. The number of carbonyl (C=O) groups excluding carboxylic acids is 1. The minimum Gasteiger partial charge on any atom is -0.354 e. The summed E-state index contributed by atoms with van der Waals surface area (Å²) < 4.78 is 13.2. The lowest BCUT2D eigenvalue weighted by atomic mass is 10.1. The Morgan fingerprint density at radius 3 is 2.70 bits per heavy atom. The van der Waals surface area contributed by atoms with E-state index in [4.69, 9.17) is 5.73 Å². The predicted octanol–water partition coefficient (Wildman–Crippen LogP) is 3.19. The van der Waals surface area contributed by atoms with Gasteiger partial charge in [-0.25, -0.2) is 9.37 Å². The molecule has 0 aliphatic carbocycles. The van der Waals surface area contributed by atoms with Gasteiger partial charge in [0.15, 0.2) is 0 Å². The molecular formula is C15H20Cl2FN3OS. The molecule has 1 heterocycles. The van der Waals surface area contributed by atoms with Gasteiger partial charge in [0.2, 0.25) is 5.91 Å². The summed E-state index contributed by atoms with van der Waals surface area (Å²) in [5.41, 5.74) is 6.76. The normalized spacial score (nSPS) is 10.4. The van der Waals surface area contributed by atoms with Crippen LogP contribution in [0.25, 0.3) is 10.6 Å². The average Bonchev–Trinajstić information content (AvgIpc) is 2.84. The van der Waals surface area contributed by atoms with Gasteiger partial charge in [0.25, 0.3) is 0 Å². The molecule has 23 heavy (non-hydrogen) atoms. The summed E-state index contributed by atoms with van der Waals surface area (Å²) in [5.74, 6) is -0.420. The van der Waals surface area contributed by atoms with Gasteiger partial charge in [0.05, 0.1) is 12.1 Å². The molecule has 0 aliphatic heterocycles. The first-order valence-corrected chi connectivity index (χ1v) is 7.47. The first kappa shape index (κ1) is 21.8. The third-order valence-corrected chi connectivity index (χ3v) is 3.65. The minimum absolute atomic E-state index is 0. The molecule has 1 aromatic heterocycles. The molecule has 0 atom stereocenters. The molecule has 0 saturated heterocycles. The lowest BCUT2D eigenvalue weighted by Gasteiger charge is -2.18. The smallest absolute Gasteiger partial charge is 0.226 e. The number of hydrogen-bond donors (Lipinski definition) is 2. The number of hydrogen-bond acceptors (Lipinski definition) is 4. The number of nitrogens with two attached hydrogens (primary N) is 1. The molecule has 4 nitrogen and oxygen atoms in total. The maximum atomic E-state index is 13.2. The highest BCUT2D eigenvalue weighted by Crippen LogP contribution is 2.24. The van der Waals surface area contributed by atoms with E-state index < -0.39 is 5.54 Å². The average molecular weight is 380 g/mol. The van der Waals surface area contributed by atoms with Gasteiger partial charge in [-0.3, -0.25) is 4.79 Å². The SMILES string of the molecule is CC(C)(N)CNC(=O)Cc1csc(-c2cccc(F)c2)n1.Cl.Cl. The summed E-state index contributed by atoms with van der Waals surface area (Å²) in [6, 6.07) is 6.25. The van der Waals surface area contributed by atoms with Crippen LogP contribution in [0.2, 0.25) is 0 Å². The van der Waals surface area contributed by atoms with E-state index in [1.165, 1.54) is 23.5 Å². The van der Waals surface area contributed by atoms with Gasteiger partial charge in [-0.05, 0) is 26.0 Å². The van der Waals surface area contributed by atoms with E-state index in [1.807, 2.05) is 19.2 Å². The van der Waals surface area contributed by atoms with Crippen molar-refractivity contribution in [1.82, 2.24) is 10.3 Å². The topological polar surface area (TPSA) is 68.0 Å². The van der Waals surface area contributed by atoms with Gasteiger partial charge in [0.1, 0.15) is 10.8 Å². The van der Waals surface area contributed by atoms with Crippen LogP contribution in [0.5, 0.6) is 0 Å². The van der Waals surface area contributed by atoms with Crippen molar-refractivity contribution in [1.29, 1.82) is 0 Å². The van der Waals surface area contributed by atoms with Crippen LogP contribution in [0.4, 0.5) is 4.39 Å². The number of nitrogens with one attached hydrogen (secondary N) is 1. The highest BCUT2D eigenvalue weighted by atomic mass is 35.5. The van der Waals surface area contributed by atoms with Crippen LogP contribution < -0.4 is 11.1 Å². The van der Waals surface area contributed by atoms with Gasteiger partial charge in [-0.15, -0.1) is 36.2 Å². The number of aromatic nitrogens is 1. The third kappa shape index (κ3) is 7.26. The van der Waals surface area contributed by atoms with E-state index in [-0.39, 0.29) is 43.0 Å². The molecular weight excluding hydrogens is 360 g/mol. The second-order valence-electron chi connectivity index (χ2n) is 5.60. The molecule has 0 fully saturated rings. The Kier molecular flexibility index (Phi) is 8.69. The number of carbonyl (C=O) groups is 1. The quantitative estimate of drug-likeness (QED) is 0.837. The Hall–Kier alpha value is -1.21. The molecule has 1 aromatic carbocycles. The Labute approximate surface area is 151 Å². The summed E-state index contributed by atoms with van der Waals surface area (Å²) >= 11 is 1.39. The summed E-state index contributed by atoms with van der Waals surface area (Å²) in [5, 5.41) is 5.29. The zero-order chi connectivity index (χ0) is 15.5. The number of benzene rings is 1. The molecule has 0 bridgehead atoms. The Bertz CT molecular complexity index is 644. The Morgan fingerprint density at radius 1 is 1.39 bits per heavy atom. The molecule has 8 heteroatoms. The van der Waals surface area contributed by atoms with E-state index in [2.05, 4.69) is 10.3 Å². The van der Waals surface area contributed by atoms with Crippen LogP contribution >= 0.6 is 36.2 Å². The summed E-state index contributed by atoms with van der Waals surface area (Å²) in [7, 11) is 0.